The van der Waals surface area contributed by atoms with E-state index in [-0.39, 0.29) is 41.4 Å². The summed E-state index contributed by atoms with van der Waals surface area (Å²) in [6, 6.07) is 8.13. The number of carbonyl (C=O) groups excluding carboxylic acids is 3. The number of carbonyl (C=O) groups is 3. The Morgan fingerprint density at radius 2 is 1.85 bits per heavy atom. The molecule has 2 unspecified atom stereocenters. The summed E-state index contributed by atoms with van der Waals surface area (Å²) in [5.41, 5.74) is -1.15. The van der Waals surface area contributed by atoms with E-state index in [1.807, 2.05) is 32.0 Å². The van der Waals surface area contributed by atoms with Gasteiger partial charge in [0.25, 0.3) is 5.91 Å². The fourth-order valence-corrected chi connectivity index (χ4v) is 2.95. The predicted molar refractivity (Wildman–Crippen MR) is 95.1 cm³/mol. The van der Waals surface area contributed by atoms with Crippen molar-refractivity contribution in [1.29, 1.82) is 0 Å². The van der Waals surface area contributed by atoms with Gasteiger partial charge in [-0.3, -0.25) is 14.4 Å². The van der Waals surface area contributed by atoms with Crippen molar-refractivity contribution in [2.45, 2.75) is 47.0 Å². The predicted octanol–water partition coefficient (Wildman–Crippen LogP) is -1.19. The van der Waals surface area contributed by atoms with E-state index < -0.39 is 23.3 Å². The van der Waals surface area contributed by atoms with Crippen LogP contribution in [0.5, 0.6) is 5.75 Å². The molecule has 0 aromatic heterocycles. The van der Waals surface area contributed by atoms with Gasteiger partial charge in [-0.15, -0.1) is 0 Å². The minimum Gasteiger partial charge on any atom is -0.846 e. The molecule has 0 radical (unpaired) electrons. The number of rotatable bonds is 5. The van der Waals surface area contributed by atoms with E-state index in [4.69, 9.17) is 4.74 Å². The van der Waals surface area contributed by atoms with E-state index in [0.717, 1.165) is 12.8 Å². The maximum Gasteiger partial charge on any atom is 1.00 e. The molecule has 8 heteroatoms. The maximum atomic E-state index is 11.9. The number of amidine groups is 1. The van der Waals surface area contributed by atoms with Gasteiger partial charge >= 0.3 is 35.5 Å². The number of nitrogens with one attached hydrogen (secondary N) is 1. The summed E-state index contributed by atoms with van der Waals surface area (Å²) in [5, 5.41) is 13.1. The topological polar surface area (TPSA) is 108 Å². The van der Waals surface area contributed by atoms with Crippen molar-refractivity contribution in [3.8, 4) is 5.75 Å². The molecule has 27 heavy (non-hydrogen) atoms. The summed E-state index contributed by atoms with van der Waals surface area (Å²) >= 11 is 0. The van der Waals surface area contributed by atoms with Gasteiger partial charge in [0.1, 0.15) is 11.2 Å². The molecule has 0 aliphatic carbocycles. The Bertz CT molecular complexity index is 678. The third kappa shape index (κ3) is 6.75. The summed E-state index contributed by atoms with van der Waals surface area (Å²) < 4.78 is 4.78. The van der Waals surface area contributed by atoms with Crippen LogP contribution in [-0.2, 0) is 14.4 Å². The Hall–Kier alpha value is -1.70. The van der Waals surface area contributed by atoms with Crippen LogP contribution in [0.1, 0.15) is 47.0 Å². The Balaban J connectivity index is 0.000000531. The monoisotopic (exact) mass is 384 g/mol. The number of ether oxygens (including phenoxy) is 1. The molecule has 0 bridgehead atoms. The number of aliphatic imine (C=N–C) groups is 1. The van der Waals surface area contributed by atoms with Crippen LogP contribution >= 0.6 is 0 Å². The Kier molecular flexibility index (Phi) is 11.1. The molecule has 1 aliphatic heterocycles. The van der Waals surface area contributed by atoms with Crippen molar-refractivity contribution in [1.82, 2.24) is 5.32 Å². The summed E-state index contributed by atoms with van der Waals surface area (Å²) in [6.07, 6.45) is 2.02. The maximum absolute atomic E-state index is 11.9. The number of nitrogens with zero attached hydrogens (tertiary/aromatic N) is 1. The van der Waals surface area contributed by atoms with Crippen molar-refractivity contribution in [3.63, 3.8) is 0 Å². The number of esters is 1. The number of benzene rings is 1. The van der Waals surface area contributed by atoms with Gasteiger partial charge in [-0.05, 0) is 30.9 Å². The molecule has 7 nitrogen and oxygen atoms in total. The van der Waals surface area contributed by atoms with Gasteiger partial charge in [-0.2, -0.15) is 0 Å². The van der Waals surface area contributed by atoms with Crippen molar-refractivity contribution >= 4 is 23.8 Å². The Morgan fingerprint density at radius 3 is 2.30 bits per heavy atom. The number of hydrogen-bond acceptors (Lipinski definition) is 5. The average molecular weight is 384 g/mol. The van der Waals surface area contributed by atoms with Gasteiger partial charge in [0.15, 0.2) is 0 Å². The van der Waals surface area contributed by atoms with Crippen LogP contribution in [0.25, 0.3) is 0 Å². The normalized spacial score (nSPS) is 19.5. The first kappa shape index (κ1) is 25.3. The largest absolute Gasteiger partial charge is 1.00 e. The minimum absolute atomic E-state index is 0. The van der Waals surface area contributed by atoms with Gasteiger partial charge in [0, 0.05) is 6.92 Å². The summed E-state index contributed by atoms with van der Waals surface area (Å²) in [7, 11) is 0. The van der Waals surface area contributed by atoms with Crippen LogP contribution in [0.15, 0.2) is 35.3 Å². The van der Waals surface area contributed by atoms with E-state index >= 15 is 0 Å². The molecule has 0 spiro atoms. The average Bonchev–Trinajstić information content (AvgIpc) is 2.56. The van der Waals surface area contributed by atoms with E-state index in [1.165, 1.54) is 6.92 Å². The minimum atomic E-state index is -1.15. The quantitative estimate of drug-likeness (QED) is 0.297. The van der Waals surface area contributed by atoms with E-state index in [0.29, 0.717) is 12.2 Å². The third-order valence-electron chi connectivity index (χ3n) is 4.34. The molecule has 1 aliphatic rings. The summed E-state index contributed by atoms with van der Waals surface area (Å²) in [6.45, 7) is 7.01. The molecule has 2 atom stereocenters. The first-order chi connectivity index (χ1) is 12.3. The third-order valence-corrected chi connectivity index (χ3v) is 4.34. The summed E-state index contributed by atoms with van der Waals surface area (Å²) in [5.74, 6) is -0.890. The number of amides is 2. The van der Waals surface area contributed by atoms with Crippen molar-refractivity contribution in [3.05, 3.63) is 30.3 Å². The fraction of sp³-hybridized carbons (Fsp3) is 0.474. The van der Waals surface area contributed by atoms with E-state index in [2.05, 4.69) is 10.3 Å². The zero-order valence-electron chi connectivity index (χ0n) is 16.6. The second-order valence-corrected chi connectivity index (χ2v) is 6.10. The zero-order valence-corrected chi connectivity index (χ0v) is 18.6. The van der Waals surface area contributed by atoms with Crippen LogP contribution in [0.2, 0.25) is 0 Å². The van der Waals surface area contributed by atoms with E-state index in [1.54, 1.807) is 19.1 Å². The number of para-hydroxylation sites is 1. The molecule has 142 valence electrons. The molecule has 0 saturated carbocycles. The molecule has 1 N–H and O–H groups in total. The fourth-order valence-electron chi connectivity index (χ4n) is 2.95. The van der Waals surface area contributed by atoms with Crippen LogP contribution < -0.4 is 44.7 Å². The smallest absolute Gasteiger partial charge is 0.846 e. The van der Waals surface area contributed by atoms with Crippen molar-refractivity contribution in [2.24, 2.45) is 16.3 Å². The molecule has 0 saturated heterocycles. The van der Waals surface area contributed by atoms with Gasteiger partial charge in [0.2, 0.25) is 5.91 Å². The molecule has 0 fully saturated rings. The SMILES string of the molecule is CC(=O)Oc1ccccc1.CCCC(C)C1(CC)C(=O)N=C([O-])NC1=O.[Na+]. The van der Waals surface area contributed by atoms with Gasteiger partial charge in [0.05, 0.1) is 6.02 Å². The Labute approximate surface area is 181 Å². The van der Waals surface area contributed by atoms with Gasteiger partial charge in [-0.25, -0.2) is 4.99 Å². The van der Waals surface area contributed by atoms with Gasteiger partial charge in [-0.1, -0.05) is 45.4 Å². The molecule has 2 amide bonds. The molecule has 1 heterocycles. The first-order valence-electron chi connectivity index (χ1n) is 8.62. The van der Waals surface area contributed by atoms with Crippen LogP contribution in [-0.4, -0.2) is 23.8 Å². The van der Waals surface area contributed by atoms with Crippen LogP contribution in [0.3, 0.4) is 0 Å². The Morgan fingerprint density at radius 1 is 1.26 bits per heavy atom. The second-order valence-electron chi connectivity index (χ2n) is 6.10. The molecule has 1 aromatic carbocycles. The second kappa shape index (κ2) is 11.9. The standard InChI is InChI=1S/C11H18N2O3.C8H8O2.Na/c1-4-6-7(3)11(5-2)8(14)12-10(16)13-9(11)15;1-7(9)10-8-5-3-2-4-6-8;/h7H,4-6H2,1-3H3,(H2,12,13,14,15,16);2-6H,1H3;/q;;+1/p-1. The van der Waals surface area contributed by atoms with Gasteiger partial charge < -0.3 is 15.2 Å². The van der Waals surface area contributed by atoms with Crippen LogP contribution in [0.4, 0.5) is 0 Å². The molecule has 2 rings (SSSR count). The number of hydrogen-bond donors (Lipinski definition) is 1. The van der Waals surface area contributed by atoms with Crippen LogP contribution in [0, 0.1) is 11.3 Å². The van der Waals surface area contributed by atoms with E-state index in [9.17, 15) is 19.5 Å². The molecule has 1 aromatic rings. The van der Waals surface area contributed by atoms with Crippen molar-refractivity contribution < 1.29 is 53.8 Å². The molecular weight excluding hydrogens is 359 g/mol. The summed E-state index contributed by atoms with van der Waals surface area (Å²) in [4.78, 5) is 37.4. The molecular formula is C19H25N2NaO5. The first-order valence-corrected chi connectivity index (χ1v) is 8.62. The zero-order chi connectivity index (χ0) is 19.7. The van der Waals surface area contributed by atoms with Crippen molar-refractivity contribution in [2.75, 3.05) is 0 Å².